The van der Waals surface area contributed by atoms with Crippen LogP contribution >= 0.6 is 0 Å². The van der Waals surface area contributed by atoms with Gasteiger partial charge in [-0.15, -0.1) is 0 Å². The summed E-state index contributed by atoms with van der Waals surface area (Å²) in [5.74, 6) is -1.33. The number of nitrogens with zero attached hydrogens (tertiary/aromatic N) is 2. The monoisotopic (exact) mass is 369 g/mol. The number of methoxy groups -OCH3 is 1. The number of amides is 1. The zero-order chi connectivity index (χ0) is 19.0. The summed E-state index contributed by atoms with van der Waals surface area (Å²) in [6, 6.07) is 5.66. The third-order valence-corrected chi connectivity index (χ3v) is 4.89. The van der Waals surface area contributed by atoms with Gasteiger partial charge in [0.2, 0.25) is 10.0 Å². The zero-order valence-electron chi connectivity index (χ0n) is 14.1. The number of esters is 1. The SMILES string of the molecule is COc1ccc(C(=O)OCC(=O)NCCC#N)cc1S(=O)(=O)N(C)C. The van der Waals surface area contributed by atoms with E-state index in [4.69, 9.17) is 14.7 Å². The van der Waals surface area contributed by atoms with Crippen molar-refractivity contribution >= 4 is 21.9 Å². The maximum Gasteiger partial charge on any atom is 0.338 e. The van der Waals surface area contributed by atoms with Crippen molar-refractivity contribution < 1.29 is 27.5 Å². The fourth-order valence-electron chi connectivity index (χ4n) is 1.73. The number of hydrogen-bond donors (Lipinski definition) is 1. The van der Waals surface area contributed by atoms with Gasteiger partial charge in [0, 0.05) is 20.6 Å². The van der Waals surface area contributed by atoms with E-state index in [2.05, 4.69) is 5.32 Å². The Hall–Kier alpha value is -2.64. The van der Waals surface area contributed by atoms with Crippen molar-refractivity contribution in [1.29, 1.82) is 5.26 Å². The molecular weight excluding hydrogens is 350 g/mol. The van der Waals surface area contributed by atoms with E-state index in [0.29, 0.717) is 0 Å². The topological polar surface area (TPSA) is 126 Å². The lowest BCUT2D eigenvalue weighted by molar-refractivity contribution is -0.124. The third kappa shape index (κ3) is 5.44. The van der Waals surface area contributed by atoms with E-state index >= 15 is 0 Å². The van der Waals surface area contributed by atoms with Crippen LogP contribution in [-0.2, 0) is 19.6 Å². The molecule has 0 aliphatic heterocycles. The lowest BCUT2D eigenvalue weighted by atomic mass is 10.2. The normalized spacial score (nSPS) is 10.8. The molecule has 25 heavy (non-hydrogen) atoms. The van der Waals surface area contributed by atoms with Crippen molar-refractivity contribution in [3.05, 3.63) is 23.8 Å². The molecule has 0 bridgehead atoms. The van der Waals surface area contributed by atoms with Crippen LogP contribution in [0.25, 0.3) is 0 Å². The van der Waals surface area contributed by atoms with Crippen LogP contribution in [0.1, 0.15) is 16.8 Å². The Morgan fingerprint density at radius 1 is 1.32 bits per heavy atom. The molecule has 1 aromatic rings. The number of carbonyl (C=O) groups excluding carboxylic acids is 2. The molecule has 0 aliphatic carbocycles. The molecule has 0 unspecified atom stereocenters. The number of nitriles is 1. The Kier molecular flexibility index (Phi) is 7.35. The van der Waals surface area contributed by atoms with E-state index in [1.807, 2.05) is 6.07 Å². The first-order valence-corrected chi connectivity index (χ1v) is 8.59. The van der Waals surface area contributed by atoms with Gasteiger partial charge in [0.05, 0.1) is 25.2 Å². The maximum absolute atomic E-state index is 12.3. The smallest absolute Gasteiger partial charge is 0.338 e. The van der Waals surface area contributed by atoms with Crippen LogP contribution in [0.5, 0.6) is 5.75 Å². The minimum absolute atomic E-state index is 0.0361. The van der Waals surface area contributed by atoms with Gasteiger partial charge in [0.25, 0.3) is 5.91 Å². The van der Waals surface area contributed by atoms with Crippen molar-refractivity contribution in [2.45, 2.75) is 11.3 Å². The number of carbonyl (C=O) groups is 2. The first-order chi connectivity index (χ1) is 11.7. The Balaban J connectivity index is 2.91. The van der Waals surface area contributed by atoms with Crippen LogP contribution in [0, 0.1) is 11.3 Å². The van der Waals surface area contributed by atoms with Crippen molar-refractivity contribution in [3.8, 4) is 11.8 Å². The summed E-state index contributed by atoms with van der Waals surface area (Å²) in [6.45, 7) is -0.382. The number of hydrogen-bond acceptors (Lipinski definition) is 7. The van der Waals surface area contributed by atoms with Gasteiger partial charge in [0.1, 0.15) is 10.6 Å². The third-order valence-electron chi connectivity index (χ3n) is 3.05. The molecule has 0 atom stereocenters. The fraction of sp³-hybridized carbons (Fsp3) is 0.400. The Bertz CT molecular complexity index is 783. The molecule has 10 heteroatoms. The number of sulfonamides is 1. The molecule has 1 aromatic carbocycles. The molecule has 0 aromatic heterocycles. The van der Waals surface area contributed by atoms with E-state index in [1.165, 1.54) is 33.3 Å². The van der Waals surface area contributed by atoms with Crippen LogP contribution in [0.15, 0.2) is 23.1 Å². The van der Waals surface area contributed by atoms with Gasteiger partial charge < -0.3 is 14.8 Å². The summed E-state index contributed by atoms with van der Waals surface area (Å²) in [7, 11) is 0.187. The molecule has 0 fully saturated rings. The first-order valence-electron chi connectivity index (χ1n) is 7.15. The van der Waals surface area contributed by atoms with E-state index in [0.717, 1.165) is 10.4 Å². The van der Waals surface area contributed by atoms with Crippen LogP contribution in [0.4, 0.5) is 0 Å². The summed E-state index contributed by atoms with van der Waals surface area (Å²) in [6.07, 6.45) is 0.143. The average molecular weight is 369 g/mol. The van der Waals surface area contributed by atoms with Gasteiger partial charge in [-0.2, -0.15) is 5.26 Å². The highest BCUT2D eigenvalue weighted by Crippen LogP contribution is 2.27. The van der Waals surface area contributed by atoms with Gasteiger partial charge in [-0.25, -0.2) is 17.5 Å². The largest absolute Gasteiger partial charge is 0.495 e. The molecule has 0 saturated carbocycles. The summed E-state index contributed by atoms with van der Waals surface area (Å²) in [4.78, 5) is 23.3. The second-order valence-electron chi connectivity index (χ2n) is 4.99. The molecule has 0 radical (unpaired) electrons. The summed E-state index contributed by atoms with van der Waals surface area (Å²) < 4.78 is 35.5. The lowest BCUT2D eigenvalue weighted by Gasteiger charge is -2.15. The van der Waals surface area contributed by atoms with Gasteiger partial charge in [-0.1, -0.05) is 0 Å². The van der Waals surface area contributed by atoms with Gasteiger partial charge in [0.15, 0.2) is 6.61 Å². The van der Waals surface area contributed by atoms with Gasteiger partial charge in [-0.3, -0.25) is 4.79 Å². The average Bonchev–Trinajstić information content (AvgIpc) is 2.59. The highest BCUT2D eigenvalue weighted by Gasteiger charge is 2.24. The predicted octanol–water partition coefficient (Wildman–Crippen LogP) is 0.132. The summed E-state index contributed by atoms with van der Waals surface area (Å²) >= 11 is 0. The highest BCUT2D eigenvalue weighted by atomic mass is 32.2. The Morgan fingerprint density at radius 2 is 2.00 bits per heavy atom. The number of ether oxygens (including phenoxy) is 2. The van der Waals surface area contributed by atoms with Gasteiger partial charge >= 0.3 is 5.97 Å². The minimum atomic E-state index is -3.83. The highest BCUT2D eigenvalue weighted by molar-refractivity contribution is 7.89. The molecular formula is C15H19N3O6S. The maximum atomic E-state index is 12.3. The van der Waals surface area contributed by atoms with Crippen molar-refractivity contribution in [3.63, 3.8) is 0 Å². The molecule has 0 saturated heterocycles. The van der Waals surface area contributed by atoms with Crippen LogP contribution in [0.3, 0.4) is 0 Å². The number of nitrogens with one attached hydrogen (secondary N) is 1. The molecule has 0 heterocycles. The molecule has 0 spiro atoms. The van der Waals surface area contributed by atoms with Crippen LogP contribution in [0.2, 0.25) is 0 Å². The second-order valence-corrected chi connectivity index (χ2v) is 7.11. The van der Waals surface area contributed by atoms with E-state index in [-0.39, 0.29) is 29.2 Å². The van der Waals surface area contributed by atoms with Crippen LogP contribution < -0.4 is 10.1 Å². The van der Waals surface area contributed by atoms with E-state index in [1.54, 1.807) is 0 Å². The first kappa shape index (κ1) is 20.4. The molecule has 0 aliphatic rings. The molecule has 1 rings (SSSR count). The van der Waals surface area contributed by atoms with Crippen molar-refractivity contribution in [1.82, 2.24) is 9.62 Å². The van der Waals surface area contributed by atoms with Crippen molar-refractivity contribution in [2.24, 2.45) is 0 Å². The van der Waals surface area contributed by atoms with Crippen LogP contribution in [-0.4, -0.2) is 59.0 Å². The Labute approximate surface area is 146 Å². The van der Waals surface area contributed by atoms with Crippen molar-refractivity contribution in [2.75, 3.05) is 34.4 Å². The van der Waals surface area contributed by atoms with E-state index < -0.39 is 28.5 Å². The summed E-state index contributed by atoms with van der Waals surface area (Å²) in [5, 5.41) is 10.8. The fourth-order valence-corrected chi connectivity index (χ4v) is 2.80. The van der Waals surface area contributed by atoms with E-state index in [9.17, 15) is 18.0 Å². The van der Waals surface area contributed by atoms with Gasteiger partial charge in [-0.05, 0) is 18.2 Å². The number of benzene rings is 1. The Morgan fingerprint density at radius 3 is 2.56 bits per heavy atom. The lowest BCUT2D eigenvalue weighted by Crippen LogP contribution is -2.29. The molecule has 1 amide bonds. The molecule has 9 nitrogen and oxygen atoms in total. The predicted molar refractivity (Wildman–Crippen MR) is 87.4 cm³/mol. The quantitative estimate of drug-likeness (QED) is 0.510. The summed E-state index contributed by atoms with van der Waals surface area (Å²) in [5.41, 5.74) is -0.0361. The molecule has 136 valence electrons. The standard InChI is InChI=1S/C15H19N3O6S/c1-18(2)25(21,22)13-9-11(5-6-12(13)23-3)15(20)24-10-14(19)17-8-4-7-16/h5-6,9H,4,8,10H2,1-3H3,(H,17,19). The minimum Gasteiger partial charge on any atom is -0.495 e. The zero-order valence-corrected chi connectivity index (χ0v) is 14.9. The second kappa shape index (κ2) is 9.00. The number of rotatable bonds is 8. The molecule has 1 N–H and O–H groups in total.